The molecule has 3 rings (SSSR count). The van der Waals surface area contributed by atoms with Crippen molar-refractivity contribution in [1.82, 2.24) is 9.88 Å². The van der Waals surface area contributed by atoms with Crippen molar-refractivity contribution in [2.75, 3.05) is 26.2 Å². The average Bonchev–Trinajstić information content (AvgIpc) is 2.60. The molecule has 2 atom stereocenters. The molecule has 0 amide bonds. The van der Waals surface area contributed by atoms with Crippen molar-refractivity contribution < 1.29 is 38.6 Å². The van der Waals surface area contributed by atoms with Crippen LogP contribution in [0.3, 0.4) is 0 Å². The number of hydrogen-bond acceptors (Lipinski definition) is 6. The standard InChI is InChI=1S/C18H22N2O4.Li/c21-14(11-20-9-3-4-13(10-20)18(22)23)12-24-17-7-1-6-16-15(17)5-2-8-19-16;/h1-2,5-8,13-14,21H,3-4,9-12H2,(H,22,23);/q;+1/p-1/t13-,14?;/m1./s1. The number of nitrogens with zero attached hydrogens (tertiary/aromatic N) is 2. The second-order valence-corrected chi connectivity index (χ2v) is 6.21. The van der Waals surface area contributed by atoms with Crippen molar-refractivity contribution in [3.05, 3.63) is 36.5 Å². The number of piperidine rings is 1. The molecule has 0 radical (unpaired) electrons. The van der Waals surface area contributed by atoms with Crippen LogP contribution >= 0.6 is 0 Å². The number of carboxylic acid groups (broad SMARTS) is 1. The van der Waals surface area contributed by atoms with Crippen LogP contribution in [0.15, 0.2) is 36.5 Å². The fraction of sp³-hybridized carbons (Fsp3) is 0.444. The topological polar surface area (TPSA) is 85.7 Å². The minimum Gasteiger partial charge on any atom is -0.550 e. The molecule has 0 aliphatic carbocycles. The van der Waals surface area contributed by atoms with Gasteiger partial charge in [-0.1, -0.05) is 6.07 Å². The molecule has 6 nitrogen and oxygen atoms in total. The van der Waals surface area contributed by atoms with Gasteiger partial charge in [-0.2, -0.15) is 0 Å². The van der Waals surface area contributed by atoms with Crippen LogP contribution in [0.5, 0.6) is 5.75 Å². The molecule has 0 saturated carbocycles. The third kappa shape index (κ3) is 5.19. The number of likely N-dealkylation sites (tertiary alicyclic amines) is 1. The summed E-state index contributed by atoms with van der Waals surface area (Å²) in [7, 11) is 0. The molecule has 25 heavy (non-hydrogen) atoms. The van der Waals surface area contributed by atoms with Crippen molar-refractivity contribution in [2.24, 2.45) is 5.92 Å². The van der Waals surface area contributed by atoms with Gasteiger partial charge in [-0.15, -0.1) is 0 Å². The van der Waals surface area contributed by atoms with Crippen LogP contribution in [0.2, 0.25) is 0 Å². The number of pyridine rings is 1. The monoisotopic (exact) mass is 336 g/mol. The van der Waals surface area contributed by atoms with Crippen molar-refractivity contribution in [3.63, 3.8) is 0 Å². The zero-order valence-corrected chi connectivity index (χ0v) is 14.4. The van der Waals surface area contributed by atoms with E-state index in [0.29, 0.717) is 25.3 Å². The number of hydrogen-bond donors (Lipinski definition) is 1. The van der Waals surface area contributed by atoms with Crippen LogP contribution in [0.25, 0.3) is 10.9 Å². The van der Waals surface area contributed by atoms with Gasteiger partial charge in [0.1, 0.15) is 18.5 Å². The van der Waals surface area contributed by atoms with E-state index in [1.807, 2.05) is 35.2 Å². The normalized spacial score (nSPS) is 19.2. The Kier molecular flexibility index (Phi) is 7.27. The van der Waals surface area contributed by atoms with Crippen LogP contribution in [0.1, 0.15) is 12.8 Å². The Balaban J connectivity index is 0.00000225. The molecule has 1 fully saturated rings. The van der Waals surface area contributed by atoms with E-state index >= 15 is 0 Å². The molecular weight excluding hydrogens is 315 g/mol. The Labute approximate surface area is 159 Å². The predicted molar refractivity (Wildman–Crippen MR) is 87.4 cm³/mol. The van der Waals surface area contributed by atoms with Crippen molar-refractivity contribution in [1.29, 1.82) is 0 Å². The van der Waals surface area contributed by atoms with Crippen LogP contribution < -0.4 is 28.7 Å². The molecule has 1 N–H and O–H groups in total. The predicted octanol–water partition coefficient (Wildman–Crippen LogP) is -2.56. The number of rotatable bonds is 6. The third-order valence-electron chi connectivity index (χ3n) is 4.34. The van der Waals surface area contributed by atoms with E-state index in [2.05, 4.69) is 4.98 Å². The minimum atomic E-state index is -1.01. The molecule has 2 heterocycles. The Morgan fingerprint density at radius 1 is 1.40 bits per heavy atom. The summed E-state index contributed by atoms with van der Waals surface area (Å²) in [6, 6.07) is 9.40. The number of aliphatic hydroxyl groups excluding tert-OH is 1. The van der Waals surface area contributed by atoms with Gasteiger partial charge in [0.2, 0.25) is 0 Å². The first kappa shape index (κ1) is 19.7. The zero-order valence-electron chi connectivity index (χ0n) is 14.4. The number of carboxylic acids is 1. The molecule has 2 aromatic rings. The first-order valence-electron chi connectivity index (χ1n) is 8.21. The molecular formula is C18H21LiN2O4. The van der Waals surface area contributed by atoms with Gasteiger partial charge < -0.3 is 19.7 Å². The maximum atomic E-state index is 11.0. The van der Waals surface area contributed by atoms with E-state index in [0.717, 1.165) is 23.9 Å². The molecule has 1 aliphatic rings. The summed E-state index contributed by atoms with van der Waals surface area (Å²) in [5, 5.41) is 22.1. The van der Waals surface area contributed by atoms with Crippen LogP contribution in [-0.2, 0) is 4.79 Å². The molecule has 1 saturated heterocycles. The number of carbonyl (C=O) groups excluding carboxylic acids is 1. The Hall–Kier alpha value is -1.58. The number of aromatic nitrogens is 1. The minimum absolute atomic E-state index is 0. The number of aliphatic hydroxyl groups is 1. The van der Waals surface area contributed by atoms with E-state index < -0.39 is 18.0 Å². The number of carbonyl (C=O) groups is 1. The summed E-state index contributed by atoms with van der Waals surface area (Å²) in [6.07, 6.45) is 2.50. The van der Waals surface area contributed by atoms with E-state index in [1.165, 1.54) is 0 Å². The summed E-state index contributed by atoms with van der Waals surface area (Å²) in [4.78, 5) is 17.2. The third-order valence-corrected chi connectivity index (χ3v) is 4.34. The van der Waals surface area contributed by atoms with Gasteiger partial charge in [-0.3, -0.25) is 9.88 Å². The second kappa shape index (κ2) is 9.21. The van der Waals surface area contributed by atoms with Crippen molar-refractivity contribution in [2.45, 2.75) is 18.9 Å². The van der Waals surface area contributed by atoms with Crippen LogP contribution in [-0.4, -0.2) is 53.3 Å². The molecule has 1 unspecified atom stereocenters. The molecule has 1 aromatic heterocycles. The second-order valence-electron chi connectivity index (χ2n) is 6.21. The molecule has 7 heteroatoms. The zero-order chi connectivity index (χ0) is 16.9. The first-order valence-corrected chi connectivity index (χ1v) is 8.21. The van der Waals surface area contributed by atoms with E-state index in [-0.39, 0.29) is 25.5 Å². The van der Waals surface area contributed by atoms with Crippen molar-refractivity contribution >= 4 is 16.9 Å². The summed E-state index contributed by atoms with van der Waals surface area (Å²) in [5.41, 5.74) is 0.845. The quantitative estimate of drug-likeness (QED) is 0.584. The Morgan fingerprint density at radius 2 is 2.24 bits per heavy atom. The Morgan fingerprint density at radius 3 is 3.04 bits per heavy atom. The molecule has 0 spiro atoms. The average molecular weight is 336 g/mol. The van der Waals surface area contributed by atoms with Crippen LogP contribution in [0, 0.1) is 5.92 Å². The maximum absolute atomic E-state index is 11.0. The number of fused-ring (bicyclic) bond motifs is 1. The summed E-state index contributed by atoms with van der Waals surface area (Å²) < 4.78 is 5.75. The van der Waals surface area contributed by atoms with E-state index in [4.69, 9.17) is 4.74 Å². The van der Waals surface area contributed by atoms with Gasteiger partial charge in [0.05, 0.1) is 5.52 Å². The maximum Gasteiger partial charge on any atom is 1.00 e. The number of aliphatic carboxylic acids is 1. The van der Waals surface area contributed by atoms with Gasteiger partial charge in [0.25, 0.3) is 0 Å². The first-order chi connectivity index (χ1) is 11.6. The largest absolute Gasteiger partial charge is 1.00 e. The van der Waals surface area contributed by atoms with Crippen molar-refractivity contribution in [3.8, 4) is 5.75 Å². The smallest absolute Gasteiger partial charge is 0.550 e. The van der Waals surface area contributed by atoms with Gasteiger partial charge in [0.15, 0.2) is 0 Å². The van der Waals surface area contributed by atoms with Crippen LogP contribution in [0.4, 0.5) is 0 Å². The fourth-order valence-electron chi connectivity index (χ4n) is 3.15. The van der Waals surface area contributed by atoms with E-state index in [9.17, 15) is 15.0 Å². The number of β-amino-alcohol motifs (C(OH)–C–C–N with tert-alkyl or cyclic N) is 1. The molecule has 128 valence electrons. The number of benzene rings is 1. The molecule has 1 aromatic carbocycles. The Bertz CT molecular complexity index is 707. The van der Waals surface area contributed by atoms with Gasteiger partial charge >= 0.3 is 18.9 Å². The summed E-state index contributed by atoms with van der Waals surface area (Å²) in [5.74, 6) is -0.768. The summed E-state index contributed by atoms with van der Waals surface area (Å²) >= 11 is 0. The molecule has 1 aliphatic heterocycles. The SMILES string of the molecule is O=C([O-])[C@@H]1CCCN(CC(O)COc2cccc3ncccc23)C1.[Li+]. The van der Waals surface area contributed by atoms with E-state index in [1.54, 1.807) is 6.20 Å². The van der Waals surface area contributed by atoms with Gasteiger partial charge in [-0.25, -0.2) is 0 Å². The van der Waals surface area contributed by atoms with Gasteiger partial charge in [0, 0.05) is 36.6 Å². The van der Waals surface area contributed by atoms with Gasteiger partial charge in [-0.05, 0) is 43.7 Å². The number of ether oxygens (including phenoxy) is 1. The fourth-order valence-corrected chi connectivity index (χ4v) is 3.15. The summed E-state index contributed by atoms with van der Waals surface area (Å²) in [6.45, 7) is 1.77. The molecule has 0 bridgehead atoms.